The van der Waals surface area contributed by atoms with E-state index < -0.39 is 5.97 Å². The molecule has 2 aromatic rings. The van der Waals surface area contributed by atoms with Gasteiger partial charge in [0, 0.05) is 5.75 Å². The van der Waals surface area contributed by atoms with Gasteiger partial charge in [0.2, 0.25) is 5.91 Å². The van der Waals surface area contributed by atoms with E-state index in [2.05, 4.69) is 22.9 Å². The van der Waals surface area contributed by atoms with Gasteiger partial charge in [0.1, 0.15) is 11.5 Å². The van der Waals surface area contributed by atoms with Crippen LogP contribution in [0.3, 0.4) is 0 Å². The van der Waals surface area contributed by atoms with E-state index in [4.69, 9.17) is 10.00 Å². The molecule has 0 saturated carbocycles. The van der Waals surface area contributed by atoms with Crippen molar-refractivity contribution in [3.05, 3.63) is 58.6 Å². The molecule has 6 nitrogen and oxygen atoms in total. The van der Waals surface area contributed by atoms with Crippen LogP contribution in [0.15, 0.2) is 36.9 Å². The molecule has 0 aliphatic carbocycles. The van der Waals surface area contributed by atoms with Gasteiger partial charge in [-0.3, -0.25) is 4.79 Å². The van der Waals surface area contributed by atoms with Crippen LogP contribution >= 0.6 is 23.1 Å². The van der Waals surface area contributed by atoms with E-state index in [1.807, 2.05) is 12.1 Å². The summed E-state index contributed by atoms with van der Waals surface area (Å²) in [6.07, 6.45) is 1.49. The Bertz CT molecular complexity index is 856. The summed E-state index contributed by atoms with van der Waals surface area (Å²) in [5.41, 5.74) is 2.10. The first-order valence-electron chi connectivity index (χ1n) is 7.65. The highest BCUT2D eigenvalue weighted by Crippen LogP contribution is 2.24. The Kier molecular flexibility index (Phi) is 7.38. The Hall–Kier alpha value is -2.63. The summed E-state index contributed by atoms with van der Waals surface area (Å²) in [6.45, 7) is 5.30. The highest BCUT2D eigenvalue weighted by Gasteiger charge is 2.17. The molecule has 0 saturated heterocycles. The number of benzene rings is 1. The number of rotatable bonds is 8. The minimum absolute atomic E-state index is 0.126. The highest BCUT2D eigenvalue weighted by molar-refractivity contribution is 7.99. The van der Waals surface area contributed by atoms with Crippen LogP contribution in [0.4, 0.5) is 5.13 Å². The van der Waals surface area contributed by atoms with Gasteiger partial charge < -0.3 is 10.1 Å². The zero-order valence-corrected chi connectivity index (χ0v) is 15.8. The van der Waals surface area contributed by atoms with Gasteiger partial charge in [0.05, 0.1) is 23.1 Å². The molecule has 0 atom stereocenters. The second-order valence-electron chi connectivity index (χ2n) is 5.17. The van der Waals surface area contributed by atoms with Crippen molar-refractivity contribution in [3.8, 4) is 6.07 Å². The molecule has 0 aliphatic heterocycles. The fourth-order valence-corrected chi connectivity index (χ4v) is 3.64. The third kappa shape index (κ3) is 5.72. The van der Waals surface area contributed by atoms with Crippen molar-refractivity contribution in [2.45, 2.75) is 12.7 Å². The molecular weight excluding hydrogens is 370 g/mol. The number of amides is 1. The van der Waals surface area contributed by atoms with Gasteiger partial charge in [-0.2, -0.15) is 5.26 Å². The number of anilines is 1. The molecular formula is C18H17N3O3S2. The molecule has 8 heteroatoms. The largest absolute Gasteiger partial charge is 0.457 e. The predicted molar refractivity (Wildman–Crippen MR) is 103 cm³/mol. The average molecular weight is 387 g/mol. The number of ether oxygens (including phenoxy) is 1. The molecule has 1 amide bonds. The van der Waals surface area contributed by atoms with E-state index in [0.717, 1.165) is 16.9 Å². The third-order valence-electron chi connectivity index (χ3n) is 3.12. The first-order valence-corrected chi connectivity index (χ1v) is 9.62. The van der Waals surface area contributed by atoms with Crippen molar-refractivity contribution in [1.29, 1.82) is 5.26 Å². The summed E-state index contributed by atoms with van der Waals surface area (Å²) in [5, 5.41) is 11.9. The van der Waals surface area contributed by atoms with Gasteiger partial charge in [-0.25, -0.2) is 9.78 Å². The Labute approximate surface area is 159 Å². The molecule has 2 rings (SSSR count). The lowest BCUT2D eigenvalue weighted by atomic mass is 10.2. The van der Waals surface area contributed by atoms with Crippen LogP contribution in [0.5, 0.6) is 0 Å². The number of aryl methyl sites for hydroxylation is 1. The summed E-state index contributed by atoms with van der Waals surface area (Å²) in [7, 11) is 0. The standard InChI is InChI=1S/C18H17N3O3S2/c1-3-7-24-17(23)16-12(2)20-18(26-16)21-15(22)11-25-10-14-6-4-5-13(8-14)9-19/h3-6,8H,1,7,10-11H2,2H3,(H,20,21,22). The van der Waals surface area contributed by atoms with E-state index in [9.17, 15) is 9.59 Å². The number of nitriles is 1. The zero-order chi connectivity index (χ0) is 18.9. The summed E-state index contributed by atoms with van der Waals surface area (Å²) in [4.78, 5) is 28.5. The number of hydrogen-bond acceptors (Lipinski definition) is 7. The van der Waals surface area contributed by atoms with Crippen molar-refractivity contribution in [1.82, 2.24) is 4.98 Å². The van der Waals surface area contributed by atoms with E-state index in [-0.39, 0.29) is 18.3 Å². The van der Waals surface area contributed by atoms with E-state index in [1.165, 1.54) is 17.8 Å². The summed E-state index contributed by atoms with van der Waals surface area (Å²) < 4.78 is 4.98. The molecule has 0 aliphatic rings. The van der Waals surface area contributed by atoms with Crippen molar-refractivity contribution in [3.63, 3.8) is 0 Å². The molecule has 1 aromatic heterocycles. The monoisotopic (exact) mass is 387 g/mol. The van der Waals surface area contributed by atoms with Crippen LogP contribution in [-0.4, -0.2) is 29.2 Å². The molecule has 26 heavy (non-hydrogen) atoms. The highest BCUT2D eigenvalue weighted by atomic mass is 32.2. The Morgan fingerprint density at radius 3 is 3.04 bits per heavy atom. The first-order chi connectivity index (χ1) is 12.5. The van der Waals surface area contributed by atoms with Gasteiger partial charge >= 0.3 is 5.97 Å². The molecule has 134 valence electrons. The molecule has 0 unspecified atom stereocenters. The van der Waals surface area contributed by atoms with Crippen molar-refractivity contribution < 1.29 is 14.3 Å². The lowest BCUT2D eigenvalue weighted by Gasteiger charge is -2.03. The van der Waals surface area contributed by atoms with Crippen molar-refractivity contribution >= 4 is 40.1 Å². The number of nitrogens with one attached hydrogen (secondary N) is 1. The lowest BCUT2D eigenvalue weighted by molar-refractivity contribution is -0.113. The van der Waals surface area contributed by atoms with Crippen LogP contribution < -0.4 is 5.32 Å². The fourth-order valence-electron chi connectivity index (χ4n) is 1.99. The van der Waals surface area contributed by atoms with Gasteiger partial charge in [0.25, 0.3) is 0 Å². The van der Waals surface area contributed by atoms with Gasteiger partial charge in [-0.1, -0.05) is 36.1 Å². The van der Waals surface area contributed by atoms with Crippen LogP contribution in [0.25, 0.3) is 0 Å². The number of esters is 1. The maximum Gasteiger partial charge on any atom is 0.350 e. The number of thioether (sulfide) groups is 1. The van der Waals surface area contributed by atoms with E-state index >= 15 is 0 Å². The number of carbonyl (C=O) groups is 2. The molecule has 0 fully saturated rings. The minimum Gasteiger partial charge on any atom is -0.457 e. The van der Waals surface area contributed by atoms with Crippen molar-refractivity contribution in [2.24, 2.45) is 0 Å². The maximum atomic E-state index is 12.0. The van der Waals surface area contributed by atoms with Crippen LogP contribution in [0.1, 0.15) is 26.5 Å². The van der Waals surface area contributed by atoms with E-state index in [0.29, 0.717) is 27.0 Å². The number of thiazole rings is 1. The topological polar surface area (TPSA) is 92.1 Å². The molecule has 0 radical (unpaired) electrons. The molecule has 1 heterocycles. The van der Waals surface area contributed by atoms with Crippen LogP contribution in [-0.2, 0) is 15.3 Å². The number of aromatic nitrogens is 1. The normalized spacial score (nSPS) is 10.0. The minimum atomic E-state index is -0.479. The smallest absolute Gasteiger partial charge is 0.350 e. The van der Waals surface area contributed by atoms with Gasteiger partial charge in [0.15, 0.2) is 5.13 Å². The quantitative estimate of drug-likeness (QED) is 0.550. The lowest BCUT2D eigenvalue weighted by Crippen LogP contribution is -2.14. The number of hydrogen-bond donors (Lipinski definition) is 1. The number of nitrogens with zero attached hydrogens (tertiary/aromatic N) is 2. The van der Waals surface area contributed by atoms with Crippen LogP contribution in [0.2, 0.25) is 0 Å². The average Bonchev–Trinajstić information content (AvgIpc) is 3.00. The van der Waals surface area contributed by atoms with Crippen molar-refractivity contribution in [2.75, 3.05) is 17.7 Å². The summed E-state index contributed by atoms with van der Waals surface area (Å²) >= 11 is 2.52. The zero-order valence-electron chi connectivity index (χ0n) is 14.2. The fraction of sp³-hybridized carbons (Fsp3) is 0.222. The molecule has 1 N–H and O–H groups in total. The second-order valence-corrected chi connectivity index (χ2v) is 7.16. The maximum absolute atomic E-state index is 12.0. The van der Waals surface area contributed by atoms with E-state index in [1.54, 1.807) is 19.1 Å². The Morgan fingerprint density at radius 1 is 1.50 bits per heavy atom. The third-order valence-corrected chi connectivity index (χ3v) is 5.18. The summed E-state index contributed by atoms with van der Waals surface area (Å²) in [5.74, 6) is 0.184. The predicted octanol–water partition coefficient (Wildman–Crippen LogP) is 3.54. The van der Waals surface area contributed by atoms with Gasteiger partial charge in [-0.15, -0.1) is 11.8 Å². The second kappa shape index (κ2) is 9.75. The van der Waals surface area contributed by atoms with Crippen LogP contribution in [0, 0.1) is 18.3 Å². The summed E-state index contributed by atoms with van der Waals surface area (Å²) in [6, 6.07) is 9.36. The SMILES string of the molecule is C=CCOC(=O)c1sc(NC(=O)CSCc2cccc(C#N)c2)nc1C. The Balaban J connectivity index is 1.85. The van der Waals surface area contributed by atoms with Gasteiger partial charge in [-0.05, 0) is 24.6 Å². The molecule has 0 spiro atoms. The molecule has 1 aromatic carbocycles. The Morgan fingerprint density at radius 2 is 2.31 bits per heavy atom. The molecule has 0 bridgehead atoms. The first kappa shape index (κ1) is 19.7. The number of carbonyl (C=O) groups excluding carboxylic acids is 2.